The molecular weight excluding hydrogens is 322 g/mol. The third-order valence-electron chi connectivity index (χ3n) is 4.59. The van der Waals surface area contributed by atoms with E-state index in [9.17, 15) is 4.79 Å². The Morgan fingerprint density at radius 3 is 2.50 bits per heavy atom. The Labute approximate surface area is 151 Å². The van der Waals surface area contributed by atoms with Gasteiger partial charge in [-0.15, -0.1) is 0 Å². The molecule has 1 heterocycles. The summed E-state index contributed by atoms with van der Waals surface area (Å²) in [5.41, 5.74) is 6.38. The number of hydrogen-bond donors (Lipinski definition) is 2. The summed E-state index contributed by atoms with van der Waals surface area (Å²) in [4.78, 5) is 20.7. The number of aryl methyl sites for hydroxylation is 2. The molecule has 2 N–H and O–H groups in total. The smallest absolute Gasteiger partial charge is 0.255 e. The number of aromatic amines is 1. The molecule has 4 heteroatoms. The Bertz CT molecular complexity index is 1080. The van der Waals surface area contributed by atoms with Crippen LogP contribution in [-0.2, 0) is 0 Å². The van der Waals surface area contributed by atoms with Gasteiger partial charge in [-0.05, 0) is 61.4 Å². The molecule has 4 rings (SSSR count). The number of hydrogen-bond acceptors (Lipinski definition) is 2. The number of anilines is 1. The van der Waals surface area contributed by atoms with Gasteiger partial charge in [-0.1, -0.05) is 30.3 Å². The van der Waals surface area contributed by atoms with E-state index in [1.807, 2.05) is 80.6 Å². The average molecular weight is 341 g/mol. The number of para-hydroxylation sites is 3. The molecule has 0 spiro atoms. The van der Waals surface area contributed by atoms with Gasteiger partial charge in [-0.3, -0.25) is 4.79 Å². The number of fused-ring (bicyclic) bond motifs is 1. The number of carbonyl (C=O) groups is 1. The zero-order valence-electron chi connectivity index (χ0n) is 14.7. The lowest BCUT2D eigenvalue weighted by molar-refractivity contribution is 0.102. The van der Waals surface area contributed by atoms with Crippen LogP contribution in [0.1, 0.15) is 21.5 Å². The highest BCUT2D eigenvalue weighted by atomic mass is 16.1. The van der Waals surface area contributed by atoms with Crippen molar-refractivity contribution in [3.63, 3.8) is 0 Å². The van der Waals surface area contributed by atoms with Gasteiger partial charge in [0.2, 0.25) is 0 Å². The maximum atomic E-state index is 12.7. The van der Waals surface area contributed by atoms with Crippen LogP contribution in [0.5, 0.6) is 0 Å². The van der Waals surface area contributed by atoms with E-state index < -0.39 is 0 Å². The second-order valence-electron chi connectivity index (χ2n) is 6.40. The first-order chi connectivity index (χ1) is 12.6. The van der Waals surface area contributed by atoms with E-state index >= 15 is 0 Å². The summed E-state index contributed by atoms with van der Waals surface area (Å²) in [6, 6.07) is 21.3. The fourth-order valence-electron chi connectivity index (χ4n) is 2.96. The fourth-order valence-corrected chi connectivity index (χ4v) is 2.96. The lowest BCUT2D eigenvalue weighted by atomic mass is 10.1. The van der Waals surface area contributed by atoms with E-state index in [4.69, 9.17) is 0 Å². The van der Waals surface area contributed by atoms with Crippen LogP contribution in [-0.4, -0.2) is 15.9 Å². The van der Waals surface area contributed by atoms with Crippen LogP contribution in [0, 0.1) is 13.8 Å². The third kappa shape index (κ3) is 2.97. The number of carbonyl (C=O) groups excluding carboxylic acids is 1. The highest BCUT2D eigenvalue weighted by molar-refractivity contribution is 6.06. The highest BCUT2D eigenvalue weighted by Crippen LogP contribution is 2.28. The molecule has 0 radical (unpaired) electrons. The SMILES string of the molecule is Cc1ccc(C(=O)Nc2ccccc2-c2nc3ccccc3[nH]2)cc1C. The van der Waals surface area contributed by atoms with Crippen LogP contribution in [0.3, 0.4) is 0 Å². The Kier molecular flexibility index (Phi) is 4.01. The molecule has 128 valence electrons. The second kappa shape index (κ2) is 6.48. The van der Waals surface area contributed by atoms with Crippen molar-refractivity contribution >= 4 is 22.6 Å². The first-order valence-corrected chi connectivity index (χ1v) is 8.54. The predicted molar refractivity (Wildman–Crippen MR) is 105 cm³/mol. The number of amides is 1. The molecule has 0 bridgehead atoms. The highest BCUT2D eigenvalue weighted by Gasteiger charge is 2.13. The van der Waals surface area contributed by atoms with E-state index in [1.54, 1.807) is 0 Å². The summed E-state index contributed by atoms with van der Waals surface area (Å²) in [6.45, 7) is 4.04. The van der Waals surface area contributed by atoms with Crippen molar-refractivity contribution in [3.05, 3.63) is 83.4 Å². The number of rotatable bonds is 3. The monoisotopic (exact) mass is 341 g/mol. The zero-order chi connectivity index (χ0) is 18.1. The first-order valence-electron chi connectivity index (χ1n) is 8.54. The summed E-state index contributed by atoms with van der Waals surface area (Å²) in [6.07, 6.45) is 0. The second-order valence-corrected chi connectivity index (χ2v) is 6.40. The van der Waals surface area contributed by atoms with Crippen LogP contribution < -0.4 is 5.32 Å². The van der Waals surface area contributed by atoms with E-state index in [-0.39, 0.29) is 5.91 Å². The minimum atomic E-state index is -0.128. The first kappa shape index (κ1) is 16.1. The number of H-pyrrole nitrogens is 1. The van der Waals surface area contributed by atoms with Gasteiger partial charge >= 0.3 is 0 Å². The Morgan fingerprint density at radius 2 is 1.69 bits per heavy atom. The third-order valence-corrected chi connectivity index (χ3v) is 4.59. The zero-order valence-corrected chi connectivity index (χ0v) is 14.7. The number of aromatic nitrogens is 2. The van der Waals surface area contributed by atoms with Gasteiger partial charge in [0.05, 0.1) is 16.7 Å². The standard InChI is InChI=1S/C22H19N3O/c1-14-11-12-16(13-15(14)2)22(26)25-18-8-4-3-7-17(18)21-23-19-9-5-6-10-20(19)24-21/h3-13H,1-2H3,(H,23,24)(H,25,26). The van der Waals surface area contributed by atoms with Crippen molar-refractivity contribution in [1.82, 2.24) is 9.97 Å². The lowest BCUT2D eigenvalue weighted by Gasteiger charge is -2.10. The molecule has 0 aliphatic rings. The molecule has 4 aromatic rings. The maximum absolute atomic E-state index is 12.7. The summed E-state index contributed by atoms with van der Waals surface area (Å²) < 4.78 is 0. The topological polar surface area (TPSA) is 57.8 Å². The fraction of sp³-hybridized carbons (Fsp3) is 0.0909. The largest absolute Gasteiger partial charge is 0.338 e. The van der Waals surface area contributed by atoms with Crippen molar-refractivity contribution < 1.29 is 4.79 Å². The molecule has 0 saturated heterocycles. The van der Waals surface area contributed by atoms with Crippen LogP contribution >= 0.6 is 0 Å². The molecule has 0 unspecified atom stereocenters. The number of benzene rings is 3. The molecule has 26 heavy (non-hydrogen) atoms. The van der Waals surface area contributed by atoms with Crippen molar-refractivity contribution in [2.45, 2.75) is 13.8 Å². The Hall–Kier alpha value is -3.40. The average Bonchev–Trinajstić information content (AvgIpc) is 3.08. The molecule has 0 fully saturated rings. The minimum absolute atomic E-state index is 0.128. The van der Waals surface area contributed by atoms with Gasteiger partial charge in [-0.25, -0.2) is 4.98 Å². The Balaban J connectivity index is 1.69. The van der Waals surface area contributed by atoms with Crippen LogP contribution in [0.4, 0.5) is 5.69 Å². The van der Waals surface area contributed by atoms with Crippen molar-refractivity contribution in [1.29, 1.82) is 0 Å². The number of nitrogens with zero attached hydrogens (tertiary/aromatic N) is 1. The van der Waals surface area contributed by atoms with E-state index in [0.29, 0.717) is 5.56 Å². The normalized spacial score (nSPS) is 10.8. The molecule has 1 amide bonds. The molecule has 0 aliphatic heterocycles. The maximum Gasteiger partial charge on any atom is 0.255 e. The Morgan fingerprint density at radius 1 is 0.923 bits per heavy atom. The summed E-state index contributed by atoms with van der Waals surface area (Å²) >= 11 is 0. The van der Waals surface area contributed by atoms with Crippen molar-refractivity contribution in [2.75, 3.05) is 5.32 Å². The molecular formula is C22H19N3O. The van der Waals surface area contributed by atoms with Gasteiger partial charge in [0, 0.05) is 11.1 Å². The molecule has 3 aromatic carbocycles. The summed E-state index contributed by atoms with van der Waals surface area (Å²) in [5.74, 6) is 0.610. The quantitative estimate of drug-likeness (QED) is 0.545. The lowest BCUT2D eigenvalue weighted by Crippen LogP contribution is -2.13. The van der Waals surface area contributed by atoms with Crippen LogP contribution in [0.2, 0.25) is 0 Å². The van der Waals surface area contributed by atoms with Gasteiger partial charge < -0.3 is 10.3 Å². The molecule has 0 atom stereocenters. The molecule has 0 aliphatic carbocycles. The summed E-state index contributed by atoms with van der Waals surface area (Å²) in [5, 5.41) is 3.02. The van der Waals surface area contributed by atoms with Crippen LogP contribution in [0.15, 0.2) is 66.7 Å². The van der Waals surface area contributed by atoms with Crippen molar-refractivity contribution in [3.8, 4) is 11.4 Å². The van der Waals surface area contributed by atoms with Crippen molar-refractivity contribution in [2.24, 2.45) is 0 Å². The van der Waals surface area contributed by atoms with Gasteiger partial charge in [0.1, 0.15) is 5.82 Å². The van der Waals surface area contributed by atoms with Gasteiger partial charge in [-0.2, -0.15) is 0 Å². The van der Waals surface area contributed by atoms with Crippen LogP contribution in [0.25, 0.3) is 22.4 Å². The molecule has 4 nitrogen and oxygen atoms in total. The van der Waals surface area contributed by atoms with E-state index in [2.05, 4.69) is 15.3 Å². The molecule has 0 saturated carbocycles. The number of imidazole rings is 1. The van der Waals surface area contributed by atoms with E-state index in [0.717, 1.165) is 33.7 Å². The van der Waals surface area contributed by atoms with E-state index in [1.165, 1.54) is 5.56 Å². The summed E-state index contributed by atoms with van der Waals surface area (Å²) in [7, 11) is 0. The predicted octanol–water partition coefficient (Wildman–Crippen LogP) is 5.10. The van der Waals surface area contributed by atoms with Gasteiger partial charge in [0.25, 0.3) is 5.91 Å². The molecule has 1 aromatic heterocycles. The minimum Gasteiger partial charge on any atom is -0.338 e. The number of nitrogens with one attached hydrogen (secondary N) is 2. The van der Waals surface area contributed by atoms with Gasteiger partial charge in [0.15, 0.2) is 0 Å².